The Bertz CT molecular complexity index is 1150. The molecule has 1 N–H and O–H groups in total. The summed E-state index contributed by atoms with van der Waals surface area (Å²) in [4.78, 5) is 26.9. The Morgan fingerprint density at radius 2 is 1.70 bits per heavy atom. The van der Waals surface area contributed by atoms with E-state index in [0.717, 1.165) is 31.2 Å². The summed E-state index contributed by atoms with van der Waals surface area (Å²) >= 11 is 6.83. The first-order chi connectivity index (χ1) is 19.6. The third-order valence-corrected chi connectivity index (χ3v) is 10.7. The van der Waals surface area contributed by atoms with Gasteiger partial charge in [-0.1, -0.05) is 65.3 Å². The molecule has 2 aliphatic rings. The van der Waals surface area contributed by atoms with E-state index in [1.807, 2.05) is 25.1 Å². The molecule has 2 atom stereocenters. The standard InChI is InChI=1S/C34H53ClFNO5Si/c1-30(2,3)15-14-21-12-13-23(18-26(21)35)34(10,37-29(39)41-25-19-33(9,36)20-25)27(28(38)40-11)22-16-24(17-22)32(7,8)42-43-31(4,5)6/h12-13,18,22,24-25,27H,14-17,19-20H2,1-11H3,(H,37,39)/t22?,24?,25?,27-,33?,34?/m0/s1. The Labute approximate surface area is 266 Å². The van der Waals surface area contributed by atoms with E-state index >= 15 is 0 Å². The molecular weight excluding hydrogens is 585 g/mol. The number of hydrogen-bond donors (Lipinski definition) is 1. The van der Waals surface area contributed by atoms with E-state index < -0.39 is 35.3 Å². The maximum absolute atomic E-state index is 14.1. The molecule has 0 heterocycles. The summed E-state index contributed by atoms with van der Waals surface area (Å²) in [6.07, 6.45) is 2.38. The first-order valence-corrected chi connectivity index (χ1v) is 16.8. The Kier molecular flexibility index (Phi) is 10.8. The molecule has 1 aromatic rings. The van der Waals surface area contributed by atoms with Crippen LogP contribution in [0.2, 0.25) is 10.1 Å². The zero-order valence-electron chi connectivity index (χ0n) is 28.1. The second-order valence-corrected chi connectivity index (χ2v) is 18.3. The van der Waals surface area contributed by atoms with Crippen LogP contribution in [0.4, 0.5) is 9.18 Å². The topological polar surface area (TPSA) is 73.9 Å². The van der Waals surface area contributed by atoms with Gasteiger partial charge in [0.25, 0.3) is 0 Å². The lowest BCUT2D eigenvalue weighted by Crippen LogP contribution is -2.58. The number of halogens is 2. The second kappa shape index (κ2) is 13.0. The van der Waals surface area contributed by atoms with Gasteiger partial charge >= 0.3 is 12.1 Å². The molecule has 0 spiro atoms. The molecule has 0 aromatic heterocycles. The minimum atomic E-state index is -1.33. The molecule has 2 saturated carbocycles. The van der Waals surface area contributed by atoms with Crippen LogP contribution in [0.1, 0.15) is 112 Å². The normalized spacial score (nSPS) is 26.4. The molecular formula is C34H53ClFNO5Si. The summed E-state index contributed by atoms with van der Waals surface area (Å²) in [6, 6.07) is 5.78. The lowest BCUT2D eigenvalue weighted by atomic mass is 9.58. The van der Waals surface area contributed by atoms with Crippen molar-refractivity contribution >= 4 is 33.4 Å². The van der Waals surface area contributed by atoms with E-state index in [4.69, 9.17) is 25.5 Å². The number of carbonyl (C=O) groups excluding carboxylic acids is 2. The van der Waals surface area contributed by atoms with Crippen LogP contribution in [0.25, 0.3) is 0 Å². The van der Waals surface area contributed by atoms with Gasteiger partial charge in [0.2, 0.25) is 9.76 Å². The lowest BCUT2D eigenvalue weighted by Gasteiger charge is -2.51. The number of ether oxygens (including phenoxy) is 2. The highest BCUT2D eigenvalue weighted by atomic mass is 35.5. The molecule has 2 aliphatic carbocycles. The summed E-state index contributed by atoms with van der Waals surface area (Å²) in [5.41, 5.74) is -1.01. The molecule has 1 unspecified atom stereocenters. The van der Waals surface area contributed by atoms with Gasteiger partial charge in [0.05, 0.1) is 24.2 Å². The number of nitrogens with one attached hydrogen (secondary N) is 1. The molecule has 2 radical (unpaired) electrons. The van der Waals surface area contributed by atoms with E-state index in [0.29, 0.717) is 20.3 Å². The van der Waals surface area contributed by atoms with Gasteiger partial charge in [-0.2, -0.15) is 0 Å². The number of amides is 1. The van der Waals surface area contributed by atoms with E-state index in [9.17, 15) is 14.0 Å². The minimum Gasteiger partial charge on any atom is -0.469 e. The van der Waals surface area contributed by atoms with E-state index in [-0.39, 0.29) is 40.7 Å². The van der Waals surface area contributed by atoms with Crippen molar-refractivity contribution in [2.45, 2.75) is 136 Å². The van der Waals surface area contributed by atoms with Gasteiger partial charge in [-0.25, -0.2) is 9.18 Å². The zero-order valence-corrected chi connectivity index (χ0v) is 29.8. The number of rotatable bonds is 11. The van der Waals surface area contributed by atoms with E-state index in [1.54, 1.807) is 0 Å². The number of methoxy groups -OCH3 is 1. The minimum absolute atomic E-state index is 0.0656. The van der Waals surface area contributed by atoms with Crippen LogP contribution in [-0.2, 0) is 30.7 Å². The van der Waals surface area contributed by atoms with Crippen LogP contribution in [-0.4, -0.2) is 46.3 Å². The lowest BCUT2D eigenvalue weighted by molar-refractivity contribution is -0.156. The fraction of sp³-hybridized carbons (Fsp3) is 0.765. The number of aryl methyl sites for hydroxylation is 1. The van der Waals surface area contributed by atoms with Gasteiger partial charge in [-0.15, -0.1) is 0 Å². The number of benzene rings is 1. The average Bonchev–Trinajstić information content (AvgIpc) is 2.81. The SMILES string of the molecule is COC(=O)[C@H](C1CC(C(C)(C)O[Si]C(C)(C)C)C1)C(C)(NC(=O)OC1CC(C)(F)C1)c1ccc(CCC(C)(C)C)c(Cl)c1. The van der Waals surface area contributed by atoms with Gasteiger partial charge in [0.15, 0.2) is 0 Å². The molecule has 0 aliphatic heterocycles. The van der Waals surface area contributed by atoms with Crippen LogP contribution < -0.4 is 5.32 Å². The van der Waals surface area contributed by atoms with Crippen LogP contribution >= 0.6 is 11.6 Å². The van der Waals surface area contributed by atoms with Crippen molar-refractivity contribution in [3.8, 4) is 0 Å². The molecule has 1 amide bonds. The first kappa shape index (κ1) is 35.8. The van der Waals surface area contributed by atoms with E-state index in [2.05, 4.69) is 60.7 Å². The van der Waals surface area contributed by atoms with Crippen LogP contribution in [0.3, 0.4) is 0 Å². The van der Waals surface area contributed by atoms with Crippen molar-refractivity contribution in [2.24, 2.45) is 23.2 Å². The largest absolute Gasteiger partial charge is 0.469 e. The highest BCUT2D eigenvalue weighted by Crippen LogP contribution is 2.51. The summed E-state index contributed by atoms with van der Waals surface area (Å²) < 4.78 is 31.5. The van der Waals surface area contributed by atoms with Gasteiger partial charge < -0.3 is 19.2 Å². The third-order valence-electron chi connectivity index (χ3n) is 9.07. The van der Waals surface area contributed by atoms with Gasteiger partial charge in [-0.3, -0.25) is 4.79 Å². The van der Waals surface area contributed by atoms with Crippen molar-refractivity contribution in [1.29, 1.82) is 0 Å². The average molecular weight is 638 g/mol. The van der Waals surface area contributed by atoms with E-state index in [1.165, 1.54) is 14.0 Å². The zero-order chi connectivity index (χ0) is 32.6. The van der Waals surface area contributed by atoms with Crippen molar-refractivity contribution in [3.05, 3.63) is 34.3 Å². The first-order valence-electron chi connectivity index (χ1n) is 15.5. The van der Waals surface area contributed by atoms with Crippen LogP contribution in [0, 0.1) is 23.2 Å². The predicted molar refractivity (Wildman–Crippen MR) is 171 cm³/mol. The van der Waals surface area contributed by atoms with Crippen molar-refractivity contribution in [1.82, 2.24) is 5.32 Å². The molecule has 43 heavy (non-hydrogen) atoms. The quantitative estimate of drug-likeness (QED) is 0.194. The number of carbonyl (C=O) groups is 2. The van der Waals surface area contributed by atoms with Gasteiger partial charge in [-0.05, 0) is 92.9 Å². The molecule has 0 bridgehead atoms. The summed E-state index contributed by atoms with van der Waals surface area (Å²) in [7, 11) is 1.73. The Balaban J connectivity index is 1.91. The van der Waals surface area contributed by atoms with Crippen LogP contribution in [0.15, 0.2) is 18.2 Å². The second-order valence-electron chi connectivity index (χ2n) is 16.0. The Hall–Kier alpha value is -1.64. The number of alkyl halides is 1. The number of esters is 1. The molecule has 9 heteroatoms. The predicted octanol–water partition coefficient (Wildman–Crippen LogP) is 8.60. The van der Waals surface area contributed by atoms with Crippen LogP contribution in [0.5, 0.6) is 0 Å². The number of alkyl carbamates (subject to hydrolysis) is 1. The highest BCUT2D eigenvalue weighted by molar-refractivity contribution is 6.32. The van der Waals surface area contributed by atoms with Gasteiger partial charge in [0, 0.05) is 17.9 Å². The molecule has 6 nitrogen and oxygen atoms in total. The van der Waals surface area contributed by atoms with Gasteiger partial charge in [0.1, 0.15) is 11.8 Å². The fourth-order valence-corrected chi connectivity index (χ4v) is 7.19. The molecule has 1 aromatic carbocycles. The Morgan fingerprint density at radius 3 is 2.19 bits per heavy atom. The maximum atomic E-state index is 14.1. The van der Waals surface area contributed by atoms with Crippen molar-refractivity contribution in [2.75, 3.05) is 7.11 Å². The third kappa shape index (κ3) is 9.43. The summed E-state index contributed by atoms with van der Waals surface area (Å²) in [5.74, 6) is -0.932. The molecule has 2 fully saturated rings. The Morgan fingerprint density at radius 1 is 1.09 bits per heavy atom. The summed E-state index contributed by atoms with van der Waals surface area (Å²) in [6.45, 7) is 20.6. The molecule has 3 rings (SSSR count). The summed E-state index contributed by atoms with van der Waals surface area (Å²) in [5, 5.41) is 3.68. The number of hydrogen-bond acceptors (Lipinski definition) is 5. The molecule has 0 saturated heterocycles. The monoisotopic (exact) mass is 637 g/mol. The highest BCUT2D eigenvalue weighted by Gasteiger charge is 2.54. The van der Waals surface area contributed by atoms with Crippen molar-refractivity contribution < 1.29 is 27.9 Å². The maximum Gasteiger partial charge on any atom is 0.408 e. The fourth-order valence-electron chi connectivity index (χ4n) is 6.17. The molecule has 242 valence electrons. The smallest absolute Gasteiger partial charge is 0.408 e. The van der Waals surface area contributed by atoms with Crippen molar-refractivity contribution in [3.63, 3.8) is 0 Å².